The highest BCUT2D eigenvalue weighted by molar-refractivity contribution is 7.91. The van der Waals surface area contributed by atoms with Crippen LogP contribution in [0.15, 0.2) is 46.3 Å². The molecule has 1 fully saturated rings. The van der Waals surface area contributed by atoms with Crippen LogP contribution in [0.4, 0.5) is 18.9 Å². The number of rotatable bonds is 4. The van der Waals surface area contributed by atoms with Crippen molar-refractivity contribution < 1.29 is 31.1 Å². The lowest BCUT2D eigenvalue weighted by atomic mass is 10.2. The summed E-state index contributed by atoms with van der Waals surface area (Å²) in [5.74, 6) is -0.925. The highest BCUT2D eigenvalue weighted by Crippen LogP contribution is 2.28. The molecule has 2 heterocycles. The van der Waals surface area contributed by atoms with E-state index in [0.29, 0.717) is 13.1 Å². The number of halogens is 3. The molecule has 0 spiro atoms. The van der Waals surface area contributed by atoms with E-state index >= 15 is 0 Å². The second-order valence-electron chi connectivity index (χ2n) is 5.78. The zero-order valence-corrected chi connectivity index (χ0v) is 14.5. The first-order valence-electron chi connectivity index (χ1n) is 7.73. The topological polar surface area (TPSA) is 103 Å². The molecule has 0 bridgehead atoms. The van der Waals surface area contributed by atoms with E-state index in [-0.39, 0.29) is 27.1 Å². The van der Waals surface area contributed by atoms with Gasteiger partial charge in [0.15, 0.2) is 5.69 Å². The van der Waals surface area contributed by atoms with Gasteiger partial charge in [0, 0.05) is 19.3 Å². The Morgan fingerprint density at radius 1 is 1.15 bits per heavy atom. The van der Waals surface area contributed by atoms with Crippen molar-refractivity contribution in [3.63, 3.8) is 0 Å². The van der Waals surface area contributed by atoms with Crippen LogP contribution in [0.5, 0.6) is 5.75 Å². The van der Waals surface area contributed by atoms with Crippen LogP contribution in [0.25, 0.3) is 0 Å². The zero-order valence-electron chi connectivity index (χ0n) is 13.7. The number of carbonyl (C=O) groups is 1. The first-order chi connectivity index (χ1) is 12.6. The molecule has 7 nitrogen and oxygen atoms in total. The number of nitrogen functional groups attached to an aromatic ring is 1. The van der Waals surface area contributed by atoms with Gasteiger partial charge in [0.2, 0.25) is 9.84 Å². The molecule has 2 aromatic rings. The standard InChI is InChI=1S/C16H14F3N3O4S/c17-16(18,19)26-10-2-4-11(5-3-10)27(24,25)12-8-13(20)14(21-9-12)15(23)22-6-1-7-22/h2-5,8-9H,1,6-7,20H2. The molecule has 0 atom stereocenters. The molecule has 144 valence electrons. The van der Waals surface area contributed by atoms with Crippen LogP contribution in [-0.2, 0) is 9.84 Å². The number of amides is 1. The van der Waals surface area contributed by atoms with Crippen LogP contribution < -0.4 is 10.5 Å². The molecule has 11 heteroatoms. The summed E-state index contributed by atoms with van der Waals surface area (Å²) in [6.07, 6.45) is -3.00. The molecule has 1 saturated heterocycles. The Bertz CT molecular complexity index is 971. The molecule has 0 radical (unpaired) electrons. The number of aromatic nitrogens is 1. The van der Waals surface area contributed by atoms with Crippen LogP contribution in [0.2, 0.25) is 0 Å². The van der Waals surface area contributed by atoms with E-state index in [1.165, 1.54) is 4.90 Å². The average Bonchev–Trinajstić information content (AvgIpc) is 2.52. The van der Waals surface area contributed by atoms with Gasteiger partial charge in [-0.05, 0) is 36.8 Å². The van der Waals surface area contributed by atoms with E-state index in [9.17, 15) is 26.4 Å². The first-order valence-corrected chi connectivity index (χ1v) is 9.22. The van der Waals surface area contributed by atoms with Crippen LogP contribution >= 0.6 is 0 Å². The maximum absolute atomic E-state index is 12.6. The van der Waals surface area contributed by atoms with Crippen molar-refractivity contribution in [3.05, 3.63) is 42.2 Å². The third-order valence-corrected chi connectivity index (χ3v) is 5.65. The second-order valence-corrected chi connectivity index (χ2v) is 7.73. The Hall–Kier alpha value is -2.82. The van der Waals surface area contributed by atoms with Crippen LogP contribution in [0, 0.1) is 0 Å². The van der Waals surface area contributed by atoms with Gasteiger partial charge in [-0.1, -0.05) is 0 Å². The molecule has 1 aliphatic rings. The molecule has 1 amide bonds. The van der Waals surface area contributed by atoms with E-state index in [4.69, 9.17) is 5.73 Å². The molecular formula is C16H14F3N3O4S. The second kappa shape index (κ2) is 6.72. The number of carbonyl (C=O) groups excluding carboxylic acids is 1. The summed E-state index contributed by atoms with van der Waals surface area (Å²) in [5.41, 5.74) is 5.66. The minimum Gasteiger partial charge on any atom is -0.406 e. The quantitative estimate of drug-likeness (QED) is 0.843. The number of pyridine rings is 1. The number of likely N-dealkylation sites (tertiary alicyclic amines) is 1. The zero-order chi connectivity index (χ0) is 19.8. The molecule has 1 aromatic carbocycles. The first kappa shape index (κ1) is 19.0. The fraction of sp³-hybridized carbons (Fsp3) is 0.250. The van der Waals surface area contributed by atoms with Crippen LogP contribution in [-0.4, -0.2) is 43.7 Å². The third-order valence-electron chi connectivity index (χ3n) is 3.92. The minimum atomic E-state index is -4.88. The summed E-state index contributed by atoms with van der Waals surface area (Å²) >= 11 is 0. The van der Waals surface area contributed by atoms with Gasteiger partial charge >= 0.3 is 6.36 Å². The van der Waals surface area contributed by atoms with Gasteiger partial charge in [0.05, 0.1) is 15.5 Å². The van der Waals surface area contributed by atoms with Crippen molar-refractivity contribution >= 4 is 21.4 Å². The normalized spacial score (nSPS) is 14.6. The lowest BCUT2D eigenvalue weighted by Gasteiger charge is -2.30. The molecule has 2 N–H and O–H groups in total. The van der Waals surface area contributed by atoms with Crippen LogP contribution in [0.3, 0.4) is 0 Å². The van der Waals surface area contributed by atoms with Crippen LogP contribution in [0.1, 0.15) is 16.9 Å². The Morgan fingerprint density at radius 2 is 1.78 bits per heavy atom. The summed E-state index contributed by atoms with van der Waals surface area (Å²) in [5, 5.41) is 0. The van der Waals surface area contributed by atoms with Gasteiger partial charge in [-0.3, -0.25) is 4.79 Å². The predicted octanol–water partition coefficient (Wildman–Crippen LogP) is 2.24. The number of sulfone groups is 1. The number of hydrogen-bond acceptors (Lipinski definition) is 6. The van der Waals surface area contributed by atoms with E-state index in [1.807, 2.05) is 0 Å². The minimum absolute atomic E-state index is 0.0393. The Morgan fingerprint density at radius 3 is 2.26 bits per heavy atom. The molecule has 0 unspecified atom stereocenters. The number of ether oxygens (including phenoxy) is 1. The Balaban J connectivity index is 1.86. The van der Waals surface area contributed by atoms with Crippen molar-refractivity contribution in [2.75, 3.05) is 18.8 Å². The fourth-order valence-electron chi connectivity index (χ4n) is 2.41. The number of nitrogens with two attached hydrogens (primary N) is 1. The van der Waals surface area contributed by atoms with Crippen molar-refractivity contribution in [2.45, 2.75) is 22.6 Å². The smallest absolute Gasteiger partial charge is 0.406 e. The highest BCUT2D eigenvalue weighted by Gasteiger charge is 2.31. The summed E-state index contributed by atoms with van der Waals surface area (Å²) in [6.45, 7) is 1.18. The van der Waals surface area contributed by atoms with E-state index < -0.39 is 21.9 Å². The summed E-state index contributed by atoms with van der Waals surface area (Å²) in [4.78, 5) is 17.0. The number of anilines is 1. The SMILES string of the molecule is Nc1cc(S(=O)(=O)c2ccc(OC(F)(F)F)cc2)cnc1C(=O)N1CCC1. The van der Waals surface area contributed by atoms with Gasteiger partial charge in [-0.2, -0.15) is 0 Å². The van der Waals surface area contributed by atoms with E-state index in [2.05, 4.69) is 9.72 Å². The maximum Gasteiger partial charge on any atom is 0.573 e. The molecule has 27 heavy (non-hydrogen) atoms. The summed E-state index contributed by atoms with van der Waals surface area (Å²) in [6, 6.07) is 4.84. The number of benzene rings is 1. The van der Waals surface area contributed by atoms with Crippen molar-refractivity contribution in [2.24, 2.45) is 0 Å². The van der Waals surface area contributed by atoms with Crippen molar-refractivity contribution in [1.82, 2.24) is 9.88 Å². The summed E-state index contributed by atoms with van der Waals surface area (Å²) < 4.78 is 65.5. The number of nitrogens with zero attached hydrogens (tertiary/aromatic N) is 2. The predicted molar refractivity (Wildman–Crippen MR) is 87.7 cm³/mol. The third kappa shape index (κ3) is 3.97. The van der Waals surface area contributed by atoms with Gasteiger partial charge in [-0.15, -0.1) is 13.2 Å². The highest BCUT2D eigenvalue weighted by atomic mass is 32.2. The maximum atomic E-state index is 12.6. The Labute approximate surface area is 152 Å². The Kier molecular flexibility index (Phi) is 4.72. The van der Waals surface area contributed by atoms with Gasteiger partial charge in [-0.25, -0.2) is 13.4 Å². The van der Waals surface area contributed by atoms with Gasteiger partial charge in [0.25, 0.3) is 5.91 Å². The van der Waals surface area contributed by atoms with Crippen molar-refractivity contribution in [3.8, 4) is 5.75 Å². The molecular weight excluding hydrogens is 387 g/mol. The molecule has 0 aliphatic carbocycles. The van der Waals surface area contributed by atoms with E-state index in [1.54, 1.807) is 0 Å². The molecule has 1 aliphatic heterocycles. The number of alkyl halides is 3. The monoisotopic (exact) mass is 401 g/mol. The van der Waals surface area contributed by atoms with Crippen molar-refractivity contribution in [1.29, 1.82) is 0 Å². The number of hydrogen-bond donors (Lipinski definition) is 1. The lowest BCUT2D eigenvalue weighted by Crippen LogP contribution is -2.42. The van der Waals surface area contributed by atoms with Gasteiger partial charge < -0.3 is 15.4 Å². The molecule has 0 saturated carbocycles. The largest absolute Gasteiger partial charge is 0.573 e. The summed E-state index contributed by atoms with van der Waals surface area (Å²) in [7, 11) is -4.08. The van der Waals surface area contributed by atoms with E-state index in [0.717, 1.165) is 42.9 Å². The van der Waals surface area contributed by atoms with Gasteiger partial charge in [0.1, 0.15) is 5.75 Å². The molecule has 3 rings (SSSR count). The molecule has 1 aromatic heterocycles. The fourth-order valence-corrected chi connectivity index (χ4v) is 3.65. The lowest BCUT2D eigenvalue weighted by molar-refractivity contribution is -0.274. The average molecular weight is 401 g/mol.